The number of piperidine rings is 1. The first-order valence-electron chi connectivity index (χ1n) is 12.6. The van der Waals surface area contributed by atoms with Gasteiger partial charge < -0.3 is 15.0 Å². The highest BCUT2D eigenvalue weighted by atomic mass is 19.1. The van der Waals surface area contributed by atoms with Gasteiger partial charge in [-0.05, 0) is 86.5 Å². The minimum atomic E-state index is -0.590. The van der Waals surface area contributed by atoms with Crippen LogP contribution in [0, 0.1) is 11.7 Å². The zero-order valence-electron chi connectivity index (χ0n) is 19.8. The lowest BCUT2D eigenvalue weighted by Gasteiger charge is -2.36. The van der Waals surface area contributed by atoms with E-state index in [4.69, 9.17) is 4.74 Å². The average molecular weight is 453 g/mol. The van der Waals surface area contributed by atoms with E-state index in [2.05, 4.69) is 17.1 Å². The number of likely N-dealkylation sites (tertiary alicyclic amines) is 1. The second-order valence-corrected chi connectivity index (χ2v) is 9.88. The van der Waals surface area contributed by atoms with Crippen molar-refractivity contribution in [2.24, 2.45) is 5.92 Å². The third-order valence-corrected chi connectivity index (χ3v) is 7.28. The minimum absolute atomic E-state index is 0.00163. The summed E-state index contributed by atoms with van der Waals surface area (Å²) in [4.78, 5) is 15.9. The van der Waals surface area contributed by atoms with Gasteiger partial charge in [0.05, 0.1) is 12.0 Å². The summed E-state index contributed by atoms with van der Waals surface area (Å²) in [7, 11) is 0. The van der Waals surface area contributed by atoms with Crippen molar-refractivity contribution >= 4 is 11.6 Å². The number of carbonyl (C=O) groups excluding carboxylic acids is 1. The molecule has 1 heterocycles. The zero-order chi connectivity index (χ0) is 23.1. The van der Waals surface area contributed by atoms with Crippen LogP contribution in [0.5, 0.6) is 5.75 Å². The highest BCUT2D eigenvalue weighted by Crippen LogP contribution is 2.40. The van der Waals surface area contributed by atoms with Gasteiger partial charge in [-0.25, -0.2) is 4.39 Å². The van der Waals surface area contributed by atoms with E-state index >= 15 is 0 Å². The van der Waals surface area contributed by atoms with E-state index < -0.39 is 5.41 Å². The molecule has 0 unspecified atom stereocenters. The number of hydrogen-bond donors (Lipinski definition) is 1. The Bertz CT molecular complexity index is 891. The van der Waals surface area contributed by atoms with Crippen molar-refractivity contribution in [3.63, 3.8) is 0 Å². The fourth-order valence-corrected chi connectivity index (χ4v) is 5.42. The van der Waals surface area contributed by atoms with Crippen LogP contribution in [-0.2, 0) is 10.2 Å². The van der Waals surface area contributed by atoms with Gasteiger partial charge in [0.15, 0.2) is 0 Å². The SMILES string of the molecule is C[C@@H]1CCCN(CCCOc2ccc(NC(=O)C3(c4ccc(F)cc4)CCCCC3)cc2)C1. The van der Waals surface area contributed by atoms with E-state index in [-0.39, 0.29) is 11.7 Å². The second kappa shape index (κ2) is 11.1. The first kappa shape index (κ1) is 23.7. The molecule has 2 aromatic rings. The van der Waals surface area contributed by atoms with E-state index in [1.807, 2.05) is 24.3 Å². The Balaban J connectivity index is 1.31. The number of nitrogens with zero attached hydrogens (tertiary/aromatic N) is 1. The molecular weight excluding hydrogens is 415 g/mol. The van der Waals surface area contributed by atoms with Crippen molar-refractivity contribution in [2.45, 2.75) is 63.7 Å². The number of nitrogens with one attached hydrogen (secondary N) is 1. The van der Waals surface area contributed by atoms with Gasteiger partial charge in [0.2, 0.25) is 5.91 Å². The standard InChI is InChI=1S/C28H37FN2O2/c1-22-7-5-18-31(21-22)19-6-20-33-26-14-12-25(13-15-26)30-27(32)28(16-3-2-4-17-28)23-8-10-24(29)11-9-23/h8-15,22H,2-7,16-21H2,1H3,(H,30,32)/t22-/m1/s1. The van der Waals surface area contributed by atoms with Crippen molar-refractivity contribution in [1.82, 2.24) is 4.90 Å². The first-order chi connectivity index (χ1) is 16.0. The molecule has 4 rings (SSSR count). The Kier molecular flexibility index (Phi) is 8.02. The molecule has 2 aromatic carbocycles. The van der Waals surface area contributed by atoms with Gasteiger partial charge in [0, 0.05) is 18.8 Å². The number of amides is 1. The Morgan fingerprint density at radius 3 is 2.48 bits per heavy atom. The van der Waals surface area contributed by atoms with Gasteiger partial charge >= 0.3 is 0 Å². The monoisotopic (exact) mass is 452 g/mol. The third-order valence-electron chi connectivity index (χ3n) is 7.28. The summed E-state index contributed by atoms with van der Waals surface area (Å²) in [5.41, 5.74) is 1.08. The number of carbonyl (C=O) groups is 1. The largest absolute Gasteiger partial charge is 0.494 e. The Morgan fingerprint density at radius 1 is 1.06 bits per heavy atom. The van der Waals surface area contributed by atoms with E-state index in [0.29, 0.717) is 6.61 Å². The Morgan fingerprint density at radius 2 is 1.79 bits per heavy atom. The summed E-state index contributed by atoms with van der Waals surface area (Å²) in [6.45, 7) is 6.53. The summed E-state index contributed by atoms with van der Waals surface area (Å²) in [6.07, 6.45) is 8.41. The molecule has 2 aliphatic rings. The lowest BCUT2D eigenvalue weighted by Crippen LogP contribution is -2.42. The molecule has 1 saturated carbocycles. The van der Waals surface area contributed by atoms with Crippen LogP contribution in [0.4, 0.5) is 10.1 Å². The van der Waals surface area contributed by atoms with Crippen LogP contribution in [0.1, 0.15) is 63.9 Å². The second-order valence-electron chi connectivity index (χ2n) is 9.88. The normalized spacial score (nSPS) is 20.8. The summed E-state index contributed by atoms with van der Waals surface area (Å²) in [5, 5.41) is 3.11. The van der Waals surface area contributed by atoms with Crippen LogP contribution in [0.2, 0.25) is 0 Å². The van der Waals surface area contributed by atoms with Gasteiger partial charge in [-0.2, -0.15) is 0 Å². The van der Waals surface area contributed by atoms with Gasteiger partial charge in [0.1, 0.15) is 11.6 Å². The average Bonchev–Trinajstić information content (AvgIpc) is 2.84. The molecule has 0 bridgehead atoms. The molecule has 2 fully saturated rings. The molecule has 1 amide bonds. The predicted octanol–water partition coefficient (Wildman–Crippen LogP) is 6.17. The fraction of sp³-hybridized carbons (Fsp3) is 0.536. The van der Waals surface area contributed by atoms with Crippen LogP contribution < -0.4 is 10.1 Å². The smallest absolute Gasteiger partial charge is 0.235 e. The molecule has 0 spiro atoms. The Labute approximate surface area is 197 Å². The van der Waals surface area contributed by atoms with E-state index in [1.165, 1.54) is 38.1 Å². The molecule has 4 nitrogen and oxygen atoms in total. The van der Waals surface area contributed by atoms with Crippen molar-refractivity contribution in [3.05, 3.63) is 59.9 Å². The number of ether oxygens (including phenoxy) is 1. The topological polar surface area (TPSA) is 41.6 Å². The number of hydrogen-bond acceptors (Lipinski definition) is 3. The quantitative estimate of drug-likeness (QED) is 0.487. The van der Waals surface area contributed by atoms with Crippen LogP contribution >= 0.6 is 0 Å². The highest BCUT2D eigenvalue weighted by molar-refractivity contribution is 5.99. The lowest BCUT2D eigenvalue weighted by molar-refractivity contribution is -0.122. The molecule has 178 valence electrons. The van der Waals surface area contributed by atoms with Gasteiger partial charge in [-0.1, -0.05) is 38.3 Å². The molecular formula is C28H37FN2O2. The van der Waals surface area contributed by atoms with E-state index in [9.17, 15) is 9.18 Å². The molecule has 1 atom stereocenters. The van der Waals surface area contributed by atoms with Crippen molar-refractivity contribution in [3.8, 4) is 5.75 Å². The number of anilines is 1. The third kappa shape index (κ3) is 6.14. The fourth-order valence-electron chi connectivity index (χ4n) is 5.42. The van der Waals surface area contributed by atoms with Crippen molar-refractivity contribution < 1.29 is 13.9 Å². The first-order valence-corrected chi connectivity index (χ1v) is 12.6. The molecule has 1 aliphatic carbocycles. The van der Waals surface area contributed by atoms with E-state index in [1.54, 1.807) is 12.1 Å². The maximum atomic E-state index is 13.5. The number of halogens is 1. The molecule has 5 heteroatoms. The van der Waals surface area contributed by atoms with Crippen LogP contribution in [0.3, 0.4) is 0 Å². The molecule has 1 aliphatic heterocycles. The zero-order valence-corrected chi connectivity index (χ0v) is 19.8. The van der Waals surface area contributed by atoms with Gasteiger partial charge in [-0.3, -0.25) is 4.79 Å². The number of benzene rings is 2. The molecule has 1 N–H and O–H groups in total. The molecule has 0 aromatic heterocycles. The van der Waals surface area contributed by atoms with Crippen LogP contribution in [-0.4, -0.2) is 37.0 Å². The van der Waals surface area contributed by atoms with E-state index in [0.717, 1.165) is 68.0 Å². The lowest BCUT2D eigenvalue weighted by atomic mass is 9.68. The molecule has 1 saturated heterocycles. The molecule has 0 radical (unpaired) electrons. The predicted molar refractivity (Wildman–Crippen MR) is 131 cm³/mol. The van der Waals surface area contributed by atoms with Crippen molar-refractivity contribution in [1.29, 1.82) is 0 Å². The number of rotatable bonds is 8. The summed E-state index contributed by atoms with van der Waals surface area (Å²) >= 11 is 0. The summed E-state index contributed by atoms with van der Waals surface area (Å²) < 4.78 is 19.4. The van der Waals surface area contributed by atoms with Gasteiger partial charge in [-0.15, -0.1) is 0 Å². The molecule has 33 heavy (non-hydrogen) atoms. The summed E-state index contributed by atoms with van der Waals surface area (Å²) in [5.74, 6) is 1.36. The van der Waals surface area contributed by atoms with Gasteiger partial charge in [0.25, 0.3) is 0 Å². The van der Waals surface area contributed by atoms with Crippen LogP contribution in [0.25, 0.3) is 0 Å². The Hall–Kier alpha value is -2.40. The van der Waals surface area contributed by atoms with Crippen molar-refractivity contribution in [2.75, 3.05) is 31.6 Å². The van der Waals surface area contributed by atoms with Crippen LogP contribution in [0.15, 0.2) is 48.5 Å². The maximum Gasteiger partial charge on any atom is 0.235 e. The minimum Gasteiger partial charge on any atom is -0.494 e. The highest BCUT2D eigenvalue weighted by Gasteiger charge is 2.41. The maximum absolute atomic E-state index is 13.5. The summed E-state index contributed by atoms with van der Waals surface area (Å²) in [6, 6.07) is 14.1.